The molecule has 5 aromatic rings. The maximum atomic E-state index is 13.9. The van der Waals surface area contributed by atoms with Crippen molar-refractivity contribution in [1.82, 2.24) is 4.98 Å². The number of benzene rings is 4. The summed E-state index contributed by atoms with van der Waals surface area (Å²) in [5.41, 5.74) is 1.46. The lowest BCUT2D eigenvalue weighted by Crippen LogP contribution is -2.09. The van der Waals surface area contributed by atoms with Crippen LogP contribution in [0.25, 0.3) is 22.4 Å². The zero-order valence-electron chi connectivity index (χ0n) is 19.0. The molecule has 1 aromatic heterocycles. The average molecular weight is 512 g/mol. The van der Waals surface area contributed by atoms with Crippen molar-refractivity contribution in [2.45, 2.75) is 19.6 Å². The molecule has 0 saturated heterocycles. The van der Waals surface area contributed by atoms with Crippen LogP contribution >= 0.6 is 0 Å². The van der Waals surface area contributed by atoms with Crippen LogP contribution in [-0.2, 0) is 19.7 Å². The number of aromatic nitrogens is 1. The maximum Gasteiger partial charge on any atom is 0.207 e. The van der Waals surface area contributed by atoms with Gasteiger partial charge in [0.15, 0.2) is 0 Å². The predicted molar refractivity (Wildman–Crippen MR) is 139 cm³/mol. The Hall–Kier alpha value is -4.07. The maximum absolute atomic E-state index is 13.9. The van der Waals surface area contributed by atoms with Gasteiger partial charge in [0.1, 0.15) is 0 Å². The molecule has 7 heteroatoms. The van der Waals surface area contributed by atoms with Crippen LogP contribution < -0.4 is 0 Å². The molecule has 0 N–H and O–H groups in total. The molecule has 0 aliphatic heterocycles. The van der Waals surface area contributed by atoms with Crippen LogP contribution in [0.15, 0.2) is 147 Å². The van der Waals surface area contributed by atoms with E-state index >= 15 is 0 Å². The van der Waals surface area contributed by atoms with Gasteiger partial charge in [-0.2, -0.15) is 0 Å². The molecule has 1 heterocycles. The third-order valence-corrected chi connectivity index (χ3v) is 9.41. The van der Waals surface area contributed by atoms with E-state index in [0.29, 0.717) is 16.8 Å². The van der Waals surface area contributed by atoms with Gasteiger partial charge in [0, 0.05) is 17.3 Å². The molecule has 0 fully saturated rings. The van der Waals surface area contributed by atoms with Crippen molar-refractivity contribution in [3.8, 4) is 22.4 Å². The Labute approximate surface area is 210 Å². The second-order valence-electron chi connectivity index (χ2n) is 8.06. The Morgan fingerprint density at radius 1 is 0.472 bits per heavy atom. The third kappa shape index (κ3) is 4.34. The zero-order valence-corrected chi connectivity index (χ0v) is 20.7. The Morgan fingerprint density at radius 3 is 1.42 bits per heavy atom. The average Bonchev–Trinajstić information content (AvgIpc) is 2.94. The van der Waals surface area contributed by atoms with E-state index in [-0.39, 0.29) is 25.1 Å². The van der Waals surface area contributed by atoms with Crippen molar-refractivity contribution in [3.63, 3.8) is 0 Å². The lowest BCUT2D eigenvalue weighted by atomic mass is 10.0. The van der Waals surface area contributed by atoms with Crippen LogP contribution in [0.5, 0.6) is 0 Å². The van der Waals surface area contributed by atoms with Crippen LogP contribution in [0.1, 0.15) is 0 Å². The van der Waals surface area contributed by atoms with Crippen LogP contribution in [0.4, 0.5) is 0 Å². The highest BCUT2D eigenvalue weighted by Gasteiger charge is 2.29. The van der Waals surface area contributed by atoms with Crippen molar-refractivity contribution in [3.05, 3.63) is 128 Å². The van der Waals surface area contributed by atoms with Crippen LogP contribution in [0.3, 0.4) is 0 Å². The Kier molecular flexibility index (Phi) is 6.26. The van der Waals surface area contributed by atoms with Crippen molar-refractivity contribution in [1.29, 1.82) is 0 Å². The van der Waals surface area contributed by atoms with Gasteiger partial charge in [-0.05, 0) is 54.1 Å². The minimum atomic E-state index is -4.01. The number of nitrogens with zero attached hydrogens (tertiary/aromatic N) is 1. The summed E-state index contributed by atoms with van der Waals surface area (Å²) in [6, 6.07) is 33.1. The van der Waals surface area contributed by atoms with E-state index in [2.05, 4.69) is 4.98 Å². The molecule has 36 heavy (non-hydrogen) atoms. The van der Waals surface area contributed by atoms with Gasteiger partial charge in [-0.3, -0.25) is 4.98 Å². The van der Waals surface area contributed by atoms with Gasteiger partial charge in [0.05, 0.1) is 25.3 Å². The van der Waals surface area contributed by atoms with Crippen molar-refractivity contribution >= 4 is 19.7 Å². The molecule has 4 aromatic carbocycles. The lowest BCUT2D eigenvalue weighted by Gasteiger charge is -2.17. The van der Waals surface area contributed by atoms with Crippen LogP contribution in [-0.4, -0.2) is 21.8 Å². The SMILES string of the molecule is O=S(=O)(c1ccccc1)c1cc(-c2ccccn2)c(S(=O)(=O)c2ccccc2)cc1-c1ccccc1. The topological polar surface area (TPSA) is 81.2 Å². The normalized spacial score (nSPS) is 11.8. The minimum absolute atomic E-state index is 0.00700. The molecule has 0 aliphatic carbocycles. The van der Waals surface area contributed by atoms with Crippen molar-refractivity contribution < 1.29 is 16.8 Å². The summed E-state index contributed by atoms with van der Waals surface area (Å²) < 4.78 is 55.5. The Bertz CT molecular complexity index is 1590. The summed E-state index contributed by atoms with van der Waals surface area (Å²) >= 11 is 0. The molecule has 0 bridgehead atoms. The van der Waals surface area contributed by atoms with Gasteiger partial charge in [-0.15, -0.1) is 0 Å². The minimum Gasteiger partial charge on any atom is -0.256 e. The van der Waals surface area contributed by atoms with Gasteiger partial charge in [-0.1, -0.05) is 72.8 Å². The molecule has 0 radical (unpaired) electrons. The zero-order chi connectivity index (χ0) is 25.2. The standard InChI is InChI=1S/C29H21NO4S2/c31-35(32,23-14-6-2-7-15-23)28-21-26(27-18-10-11-19-30-27)29(20-25(28)22-12-4-1-5-13-22)36(33,34)24-16-8-3-9-17-24/h1-21H. The van der Waals surface area contributed by atoms with Crippen molar-refractivity contribution in [2.24, 2.45) is 0 Å². The summed E-state index contributed by atoms with van der Waals surface area (Å²) in [5, 5.41) is 0. The number of pyridine rings is 1. The van der Waals surface area contributed by atoms with Crippen LogP contribution in [0, 0.1) is 0 Å². The summed E-state index contributed by atoms with van der Waals surface area (Å²) in [4.78, 5) is 4.58. The predicted octanol–water partition coefficient (Wildman–Crippen LogP) is 6.08. The smallest absolute Gasteiger partial charge is 0.207 e. The molecule has 5 nitrogen and oxygen atoms in total. The van der Waals surface area contributed by atoms with E-state index in [0.717, 1.165) is 0 Å². The molecule has 178 valence electrons. The highest BCUT2D eigenvalue weighted by atomic mass is 32.2. The second-order valence-corrected chi connectivity index (χ2v) is 11.9. The number of rotatable bonds is 6. The molecule has 0 atom stereocenters. The highest BCUT2D eigenvalue weighted by molar-refractivity contribution is 7.92. The fraction of sp³-hybridized carbons (Fsp3) is 0. The quantitative estimate of drug-likeness (QED) is 0.276. The van der Waals surface area contributed by atoms with Crippen LogP contribution in [0.2, 0.25) is 0 Å². The molecule has 5 rings (SSSR count). The fourth-order valence-electron chi connectivity index (χ4n) is 4.02. The van der Waals surface area contributed by atoms with Gasteiger partial charge in [-0.25, -0.2) is 16.8 Å². The van der Waals surface area contributed by atoms with E-state index in [1.165, 1.54) is 36.4 Å². The number of sulfone groups is 2. The Balaban J connectivity index is 1.90. The first kappa shape index (κ1) is 23.7. The van der Waals surface area contributed by atoms with E-state index in [9.17, 15) is 16.8 Å². The van der Waals surface area contributed by atoms with Crippen molar-refractivity contribution in [2.75, 3.05) is 0 Å². The fourth-order valence-corrected chi connectivity index (χ4v) is 7.03. The monoisotopic (exact) mass is 511 g/mol. The molecular weight excluding hydrogens is 490 g/mol. The van der Waals surface area contributed by atoms with Gasteiger partial charge >= 0.3 is 0 Å². The van der Waals surface area contributed by atoms with E-state index in [1.807, 2.05) is 6.07 Å². The van der Waals surface area contributed by atoms with E-state index in [1.54, 1.807) is 85.1 Å². The van der Waals surface area contributed by atoms with Gasteiger partial charge in [0.25, 0.3) is 0 Å². The summed E-state index contributed by atoms with van der Waals surface area (Å²) in [5.74, 6) is 0. The van der Waals surface area contributed by atoms with Gasteiger partial charge in [0.2, 0.25) is 19.7 Å². The largest absolute Gasteiger partial charge is 0.256 e. The summed E-state index contributed by atoms with van der Waals surface area (Å²) in [6.07, 6.45) is 1.55. The molecular formula is C29H21NO4S2. The first-order valence-electron chi connectivity index (χ1n) is 11.1. The number of hydrogen-bond acceptors (Lipinski definition) is 5. The highest BCUT2D eigenvalue weighted by Crippen LogP contribution is 2.40. The molecule has 0 aliphatic rings. The molecule has 0 amide bonds. The third-order valence-electron chi connectivity index (χ3n) is 5.79. The summed E-state index contributed by atoms with van der Waals surface area (Å²) in [6.45, 7) is 0. The van der Waals surface area contributed by atoms with E-state index in [4.69, 9.17) is 0 Å². The van der Waals surface area contributed by atoms with E-state index < -0.39 is 19.7 Å². The molecule has 0 unspecified atom stereocenters. The number of hydrogen-bond donors (Lipinski definition) is 0. The summed E-state index contributed by atoms with van der Waals surface area (Å²) in [7, 11) is -8.01. The second kappa shape index (κ2) is 9.53. The lowest BCUT2D eigenvalue weighted by molar-refractivity contribution is 0.592. The first-order chi connectivity index (χ1) is 17.4. The van der Waals surface area contributed by atoms with Gasteiger partial charge < -0.3 is 0 Å². The first-order valence-corrected chi connectivity index (χ1v) is 14.1. The molecule has 0 saturated carbocycles. The molecule has 0 spiro atoms. The Morgan fingerprint density at radius 2 is 0.917 bits per heavy atom.